The number of halogens is 3. The molecule has 1 N–H and O–H groups in total. The van der Waals surface area contributed by atoms with Gasteiger partial charge in [-0.05, 0) is 35.9 Å². The Kier molecular flexibility index (Phi) is 6.04. The lowest BCUT2D eigenvalue weighted by Gasteiger charge is -2.11. The van der Waals surface area contributed by atoms with Crippen molar-refractivity contribution in [1.29, 1.82) is 0 Å². The van der Waals surface area contributed by atoms with Crippen molar-refractivity contribution in [3.8, 4) is 0 Å². The normalized spacial score (nSPS) is 10.3. The summed E-state index contributed by atoms with van der Waals surface area (Å²) < 4.78 is 5.98. The Balaban J connectivity index is 2.15. The fourth-order valence-corrected chi connectivity index (χ4v) is 2.52. The van der Waals surface area contributed by atoms with Crippen molar-refractivity contribution in [2.24, 2.45) is 0 Å². The first-order chi connectivity index (χ1) is 10.9. The molecule has 2 aromatic rings. The van der Waals surface area contributed by atoms with E-state index in [1.54, 1.807) is 36.4 Å². The lowest BCUT2D eigenvalue weighted by atomic mass is 10.1. The molecular weight excluding hydrogens is 405 g/mol. The predicted molar refractivity (Wildman–Crippen MR) is 94.0 cm³/mol. The van der Waals surface area contributed by atoms with E-state index in [0.717, 1.165) is 0 Å². The summed E-state index contributed by atoms with van der Waals surface area (Å²) in [6.07, 6.45) is 0. The number of anilines is 1. The summed E-state index contributed by atoms with van der Waals surface area (Å²) in [4.78, 5) is 23.5. The molecule has 0 aliphatic carbocycles. The Bertz CT molecular complexity index is 765. The minimum absolute atomic E-state index is 0.0434. The SMILES string of the molecule is CC(=O)Nc1ccc(Br)cc1C(=O)OCc1ccc(Cl)c(Cl)c1. The van der Waals surface area contributed by atoms with Gasteiger partial charge in [0.05, 0.1) is 21.3 Å². The van der Waals surface area contributed by atoms with E-state index in [1.165, 1.54) is 6.92 Å². The molecule has 7 heteroatoms. The third-order valence-electron chi connectivity index (χ3n) is 2.87. The van der Waals surface area contributed by atoms with Gasteiger partial charge in [-0.1, -0.05) is 45.2 Å². The zero-order valence-corrected chi connectivity index (χ0v) is 15.1. The van der Waals surface area contributed by atoms with Crippen LogP contribution in [0, 0.1) is 0 Å². The predicted octanol–water partition coefficient (Wildman–Crippen LogP) is 5.07. The minimum Gasteiger partial charge on any atom is -0.457 e. The Labute approximate surface area is 151 Å². The molecule has 0 saturated heterocycles. The first kappa shape index (κ1) is 17.8. The Morgan fingerprint density at radius 3 is 2.52 bits per heavy atom. The highest BCUT2D eigenvalue weighted by atomic mass is 79.9. The topological polar surface area (TPSA) is 55.4 Å². The summed E-state index contributed by atoms with van der Waals surface area (Å²) in [5.41, 5.74) is 1.36. The molecule has 1 amide bonds. The average Bonchev–Trinajstić information content (AvgIpc) is 2.49. The van der Waals surface area contributed by atoms with Crippen molar-refractivity contribution >= 4 is 56.7 Å². The second-order valence-electron chi connectivity index (χ2n) is 4.70. The van der Waals surface area contributed by atoms with Crippen LogP contribution < -0.4 is 5.32 Å². The number of amides is 1. The van der Waals surface area contributed by atoms with Gasteiger partial charge in [-0.3, -0.25) is 4.79 Å². The lowest BCUT2D eigenvalue weighted by Crippen LogP contribution is -2.13. The summed E-state index contributed by atoms with van der Waals surface area (Å²) in [5, 5.41) is 3.42. The van der Waals surface area contributed by atoms with E-state index in [4.69, 9.17) is 27.9 Å². The van der Waals surface area contributed by atoms with E-state index in [-0.39, 0.29) is 18.1 Å². The van der Waals surface area contributed by atoms with Crippen LogP contribution in [0.5, 0.6) is 0 Å². The molecule has 2 aromatic carbocycles. The van der Waals surface area contributed by atoms with Crippen LogP contribution in [0.1, 0.15) is 22.8 Å². The number of carbonyl (C=O) groups is 2. The van der Waals surface area contributed by atoms with E-state index in [0.29, 0.717) is 25.8 Å². The highest BCUT2D eigenvalue weighted by Crippen LogP contribution is 2.25. The summed E-state index contributed by atoms with van der Waals surface area (Å²) >= 11 is 15.1. The van der Waals surface area contributed by atoms with E-state index in [2.05, 4.69) is 21.2 Å². The molecule has 0 spiro atoms. The van der Waals surface area contributed by atoms with Gasteiger partial charge in [0.25, 0.3) is 0 Å². The maximum absolute atomic E-state index is 12.3. The molecule has 0 bridgehead atoms. The second kappa shape index (κ2) is 7.81. The van der Waals surface area contributed by atoms with Crippen LogP contribution in [-0.2, 0) is 16.1 Å². The van der Waals surface area contributed by atoms with Crippen LogP contribution >= 0.6 is 39.1 Å². The zero-order valence-electron chi connectivity index (χ0n) is 12.0. The van der Waals surface area contributed by atoms with Crippen LogP contribution in [0.2, 0.25) is 10.0 Å². The number of rotatable bonds is 4. The van der Waals surface area contributed by atoms with Gasteiger partial charge >= 0.3 is 5.97 Å². The van der Waals surface area contributed by atoms with E-state index < -0.39 is 5.97 Å². The van der Waals surface area contributed by atoms with Crippen molar-refractivity contribution in [3.63, 3.8) is 0 Å². The fraction of sp³-hybridized carbons (Fsp3) is 0.125. The molecule has 0 heterocycles. The van der Waals surface area contributed by atoms with Gasteiger partial charge in [-0.25, -0.2) is 4.79 Å². The number of esters is 1. The Hall–Kier alpha value is -1.56. The van der Waals surface area contributed by atoms with Gasteiger partial charge in [0.15, 0.2) is 0 Å². The molecule has 0 atom stereocenters. The second-order valence-corrected chi connectivity index (χ2v) is 6.43. The van der Waals surface area contributed by atoms with Gasteiger partial charge in [-0.2, -0.15) is 0 Å². The van der Waals surface area contributed by atoms with Gasteiger partial charge in [0.1, 0.15) is 6.61 Å². The molecule has 4 nitrogen and oxygen atoms in total. The molecule has 0 aromatic heterocycles. The van der Waals surface area contributed by atoms with Gasteiger partial charge in [0.2, 0.25) is 5.91 Å². The minimum atomic E-state index is -0.555. The average molecular weight is 417 g/mol. The molecule has 0 saturated carbocycles. The largest absolute Gasteiger partial charge is 0.457 e. The van der Waals surface area contributed by atoms with Crippen LogP contribution in [0.25, 0.3) is 0 Å². The standard InChI is InChI=1S/C16H12BrCl2NO3/c1-9(21)20-15-5-3-11(17)7-12(15)16(22)23-8-10-2-4-13(18)14(19)6-10/h2-7H,8H2,1H3,(H,20,21). The number of carbonyl (C=O) groups excluding carboxylic acids is 2. The quantitative estimate of drug-likeness (QED) is 0.707. The Morgan fingerprint density at radius 1 is 1.13 bits per heavy atom. The third-order valence-corrected chi connectivity index (χ3v) is 4.10. The number of nitrogens with one attached hydrogen (secondary N) is 1. The van der Waals surface area contributed by atoms with E-state index in [1.807, 2.05) is 0 Å². The van der Waals surface area contributed by atoms with Crippen LogP contribution in [0.3, 0.4) is 0 Å². The first-order valence-electron chi connectivity index (χ1n) is 6.55. The van der Waals surface area contributed by atoms with E-state index in [9.17, 15) is 9.59 Å². The number of hydrogen-bond donors (Lipinski definition) is 1. The monoisotopic (exact) mass is 415 g/mol. The molecule has 0 fully saturated rings. The number of hydrogen-bond acceptors (Lipinski definition) is 3. The summed E-state index contributed by atoms with van der Waals surface area (Å²) in [6.45, 7) is 1.41. The van der Waals surface area contributed by atoms with Crippen molar-refractivity contribution in [3.05, 3.63) is 62.0 Å². The van der Waals surface area contributed by atoms with Crippen LogP contribution in [0.4, 0.5) is 5.69 Å². The molecule has 0 aliphatic heterocycles. The van der Waals surface area contributed by atoms with Crippen molar-refractivity contribution in [1.82, 2.24) is 0 Å². The van der Waals surface area contributed by atoms with Gasteiger partial charge in [-0.15, -0.1) is 0 Å². The lowest BCUT2D eigenvalue weighted by molar-refractivity contribution is -0.114. The maximum Gasteiger partial charge on any atom is 0.340 e. The first-order valence-corrected chi connectivity index (χ1v) is 8.10. The molecule has 0 aliphatic rings. The van der Waals surface area contributed by atoms with Gasteiger partial charge < -0.3 is 10.1 Å². The summed E-state index contributed by atoms with van der Waals surface area (Å²) in [5.74, 6) is -0.827. The van der Waals surface area contributed by atoms with Crippen molar-refractivity contribution in [2.75, 3.05) is 5.32 Å². The molecular formula is C16H12BrCl2NO3. The van der Waals surface area contributed by atoms with Crippen molar-refractivity contribution < 1.29 is 14.3 Å². The van der Waals surface area contributed by atoms with E-state index >= 15 is 0 Å². The Morgan fingerprint density at radius 2 is 1.87 bits per heavy atom. The molecule has 120 valence electrons. The molecule has 23 heavy (non-hydrogen) atoms. The third kappa shape index (κ3) is 4.96. The van der Waals surface area contributed by atoms with Gasteiger partial charge in [0, 0.05) is 11.4 Å². The fourth-order valence-electron chi connectivity index (χ4n) is 1.84. The number of ether oxygens (including phenoxy) is 1. The highest BCUT2D eigenvalue weighted by molar-refractivity contribution is 9.10. The highest BCUT2D eigenvalue weighted by Gasteiger charge is 2.15. The summed E-state index contributed by atoms with van der Waals surface area (Å²) in [7, 11) is 0. The molecule has 2 rings (SSSR count). The summed E-state index contributed by atoms with van der Waals surface area (Å²) in [6, 6.07) is 9.92. The maximum atomic E-state index is 12.3. The van der Waals surface area contributed by atoms with Crippen LogP contribution in [0.15, 0.2) is 40.9 Å². The zero-order chi connectivity index (χ0) is 17.0. The molecule has 0 radical (unpaired) electrons. The van der Waals surface area contributed by atoms with Crippen LogP contribution in [-0.4, -0.2) is 11.9 Å². The number of benzene rings is 2. The van der Waals surface area contributed by atoms with Crippen molar-refractivity contribution in [2.45, 2.75) is 13.5 Å². The molecule has 0 unspecified atom stereocenters. The smallest absolute Gasteiger partial charge is 0.340 e.